The van der Waals surface area contributed by atoms with Crippen molar-refractivity contribution in [3.05, 3.63) is 59.1 Å². The molecule has 0 N–H and O–H groups in total. The summed E-state index contributed by atoms with van der Waals surface area (Å²) in [5.41, 5.74) is 1.66. The molecule has 1 amide bonds. The third kappa shape index (κ3) is 6.93. The summed E-state index contributed by atoms with van der Waals surface area (Å²) in [4.78, 5) is 25.7. The number of nitriles is 1. The normalized spacial score (nSPS) is 10.0. The highest BCUT2D eigenvalue weighted by molar-refractivity contribution is 6.30. The first-order valence-corrected chi connectivity index (χ1v) is 9.15. The first-order valence-electron chi connectivity index (χ1n) is 8.77. The summed E-state index contributed by atoms with van der Waals surface area (Å²) in [7, 11) is 0. The molecule has 0 atom stereocenters. The number of carbonyl (C=O) groups excluding carboxylic acids is 2. The van der Waals surface area contributed by atoms with Crippen molar-refractivity contribution in [2.45, 2.75) is 19.8 Å². The molecule has 2 aromatic carbocycles. The zero-order valence-electron chi connectivity index (χ0n) is 15.6. The highest BCUT2D eigenvalue weighted by atomic mass is 35.5. The van der Waals surface area contributed by atoms with Crippen LogP contribution in [0.25, 0.3) is 0 Å². The highest BCUT2D eigenvalue weighted by Crippen LogP contribution is 2.20. The van der Waals surface area contributed by atoms with Gasteiger partial charge in [-0.05, 0) is 37.3 Å². The van der Waals surface area contributed by atoms with Crippen LogP contribution in [-0.2, 0) is 14.3 Å². The van der Waals surface area contributed by atoms with Crippen LogP contribution >= 0.6 is 11.6 Å². The number of benzene rings is 2. The summed E-state index contributed by atoms with van der Waals surface area (Å²) in [6, 6.07) is 16.2. The van der Waals surface area contributed by atoms with Crippen LogP contribution in [0.5, 0.6) is 5.75 Å². The number of hydrogen-bond donors (Lipinski definition) is 0. The smallest absolute Gasteiger partial charge is 0.309 e. The fraction of sp³-hybridized carbons (Fsp3) is 0.286. The molecule has 0 bridgehead atoms. The Hall–Kier alpha value is -3.04. The van der Waals surface area contributed by atoms with Crippen LogP contribution in [-0.4, -0.2) is 31.6 Å². The summed E-state index contributed by atoms with van der Waals surface area (Å²) in [5.74, 6) is -0.296. The maximum atomic E-state index is 12.5. The molecule has 146 valence electrons. The van der Waals surface area contributed by atoms with Crippen molar-refractivity contribution >= 4 is 29.2 Å². The lowest BCUT2D eigenvalue weighted by Gasteiger charge is -2.21. The number of halogens is 1. The van der Waals surface area contributed by atoms with E-state index in [9.17, 15) is 9.59 Å². The number of nitrogens with zero attached hydrogens (tertiary/aromatic N) is 2. The minimum Gasteiger partial charge on any atom is -0.493 e. The van der Waals surface area contributed by atoms with Crippen molar-refractivity contribution < 1.29 is 19.1 Å². The maximum Gasteiger partial charge on any atom is 0.309 e. The zero-order chi connectivity index (χ0) is 20.4. The third-order valence-electron chi connectivity index (χ3n) is 3.82. The molecule has 28 heavy (non-hydrogen) atoms. The molecule has 0 saturated carbocycles. The second-order valence-corrected chi connectivity index (χ2v) is 6.44. The largest absolute Gasteiger partial charge is 0.493 e. The van der Waals surface area contributed by atoms with Gasteiger partial charge in [0.1, 0.15) is 5.75 Å². The number of rotatable bonds is 9. The van der Waals surface area contributed by atoms with E-state index in [4.69, 9.17) is 26.3 Å². The minimum absolute atomic E-state index is 0.0243. The lowest BCUT2D eigenvalue weighted by atomic mass is 10.2. The third-order valence-corrected chi connectivity index (χ3v) is 4.06. The molecule has 7 heteroatoms. The first-order chi connectivity index (χ1) is 13.5. The molecule has 0 heterocycles. The number of esters is 1. The average molecular weight is 401 g/mol. The number of amides is 1. The van der Waals surface area contributed by atoms with Crippen LogP contribution in [0.2, 0.25) is 5.02 Å². The van der Waals surface area contributed by atoms with E-state index in [1.807, 2.05) is 37.3 Å². The van der Waals surface area contributed by atoms with Gasteiger partial charge in [-0.25, -0.2) is 0 Å². The van der Waals surface area contributed by atoms with Crippen LogP contribution in [0.3, 0.4) is 0 Å². The number of anilines is 1. The summed E-state index contributed by atoms with van der Waals surface area (Å²) < 4.78 is 10.5. The summed E-state index contributed by atoms with van der Waals surface area (Å²) in [6.07, 6.45) is 0.174. The average Bonchev–Trinajstić information content (AvgIpc) is 2.68. The second kappa shape index (κ2) is 11.0. The number of aryl methyl sites for hydroxylation is 1. The molecule has 0 aliphatic rings. The van der Waals surface area contributed by atoms with Gasteiger partial charge >= 0.3 is 5.97 Å². The Kier molecular flexibility index (Phi) is 8.32. The molecule has 6 nitrogen and oxygen atoms in total. The molecule has 0 fully saturated rings. The Morgan fingerprint density at radius 3 is 2.61 bits per heavy atom. The van der Waals surface area contributed by atoms with Crippen LogP contribution in [0.15, 0.2) is 48.5 Å². The van der Waals surface area contributed by atoms with Gasteiger partial charge in [-0.15, -0.1) is 0 Å². The summed E-state index contributed by atoms with van der Waals surface area (Å²) >= 11 is 5.97. The molecular formula is C21H21ClN2O4. The van der Waals surface area contributed by atoms with Gasteiger partial charge in [0.05, 0.1) is 25.5 Å². The van der Waals surface area contributed by atoms with E-state index in [2.05, 4.69) is 0 Å². The highest BCUT2D eigenvalue weighted by Gasteiger charge is 2.18. The molecule has 0 spiro atoms. The van der Waals surface area contributed by atoms with Crippen LogP contribution in [0.4, 0.5) is 5.69 Å². The van der Waals surface area contributed by atoms with Crippen molar-refractivity contribution in [3.63, 3.8) is 0 Å². The minimum atomic E-state index is -0.535. The quantitative estimate of drug-likeness (QED) is 0.596. The Bertz CT molecular complexity index is 846. The standard InChI is InChI=1S/C21H21ClN2O4/c1-16-6-8-19(9-7-16)27-13-10-21(26)28-15-20(25)24(12-3-11-23)18-5-2-4-17(22)14-18/h2,4-9,14H,3,10,12-13,15H2,1H3. The van der Waals surface area contributed by atoms with E-state index in [0.29, 0.717) is 16.5 Å². The van der Waals surface area contributed by atoms with Crippen molar-refractivity contribution in [1.29, 1.82) is 5.26 Å². The Morgan fingerprint density at radius 1 is 1.18 bits per heavy atom. The molecule has 0 aliphatic heterocycles. The second-order valence-electron chi connectivity index (χ2n) is 6.01. The summed E-state index contributed by atoms with van der Waals surface area (Å²) in [5, 5.41) is 9.28. The van der Waals surface area contributed by atoms with Gasteiger partial charge in [0.15, 0.2) is 6.61 Å². The Labute approximate surface area is 169 Å². The van der Waals surface area contributed by atoms with E-state index in [0.717, 1.165) is 5.56 Å². The fourth-order valence-electron chi connectivity index (χ4n) is 2.38. The number of hydrogen-bond acceptors (Lipinski definition) is 5. The van der Waals surface area contributed by atoms with Gasteiger partial charge in [-0.1, -0.05) is 35.4 Å². The van der Waals surface area contributed by atoms with Gasteiger partial charge in [-0.2, -0.15) is 5.26 Å². The van der Waals surface area contributed by atoms with E-state index in [-0.39, 0.29) is 26.0 Å². The molecule has 0 aliphatic carbocycles. The van der Waals surface area contributed by atoms with Gasteiger partial charge in [0.2, 0.25) is 0 Å². The topological polar surface area (TPSA) is 79.6 Å². The van der Waals surface area contributed by atoms with E-state index in [1.54, 1.807) is 24.3 Å². The van der Waals surface area contributed by atoms with Crippen molar-refractivity contribution in [2.24, 2.45) is 0 Å². The maximum absolute atomic E-state index is 12.5. The lowest BCUT2D eigenvalue weighted by molar-refractivity contribution is -0.148. The molecule has 2 aromatic rings. The zero-order valence-corrected chi connectivity index (χ0v) is 16.3. The van der Waals surface area contributed by atoms with Crippen molar-refractivity contribution in [2.75, 3.05) is 24.7 Å². The molecule has 0 unspecified atom stereocenters. The predicted octanol–water partition coefficient (Wildman–Crippen LogP) is 3.91. The molecule has 0 radical (unpaired) electrons. The molecule has 0 saturated heterocycles. The molecule has 0 aromatic heterocycles. The van der Waals surface area contributed by atoms with Crippen LogP contribution < -0.4 is 9.64 Å². The van der Waals surface area contributed by atoms with Crippen LogP contribution in [0, 0.1) is 18.3 Å². The molecule has 2 rings (SSSR count). The van der Waals surface area contributed by atoms with E-state index in [1.165, 1.54) is 4.90 Å². The van der Waals surface area contributed by atoms with Gasteiger partial charge < -0.3 is 14.4 Å². The predicted molar refractivity (Wildman–Crippen MR) is 106 cm³/mol. The SMILES string of the molecule is Cc1ccc(OCCC(=O)OCC(=O)N(CCC#N)c2cccc(Cl)c2)cc1. The van der Waals surface area contributed by atoms with Gasteiger partial charge in [0, 0.05) is 17.3 Å². The first kappa shape index (κ1) is 21.3. The Morgan fingerprint density at radius 2 is 1.93 bits per heavy atom. The number of ether oxygens (including phenoxy) is 2. The van der Waals surface area contributed by atoms with Gasteiger partial charge in [-0.3, -0.25) is 9.59 Å². The fourth-order valence-corrected chi connectivity index (χ4v) is 2.57. The Balaban J connectivity index is 1.82. The van der Waals surface area contributed by atoms with Crippen molar-refractivity contribution in [3.8, 4) is 11.8 Å². The van der Waals surface area contributed by atoms with Crippen molar-refractivity contribution in [1.82, 2.24) is 0 Å². The summed E-state index contributed by atoms with van der Waals surface area (Å²) in [6.45, 7) is 1.90. The van der Waals surface area contributed by atoms with Gasteiger partial charge in [0.25, 0.3) is 5.91 Å². The van der Waals surface area contributed by atoms with E-state index < -0.39 is 18.5 Å². The van der Waals surface area contributed by atoms with E-state index >= 15 is 0 Å². The lowest BCUT2D eigenvalue weighted by Crippen LogP contribution is -2.35. The molecular weight excluding hydrogens is 380 g/mol. The monoisotopic (exact) mass is 400 g/mol. The van der Waals surface area contributed by atoms with Crippen LogP contribution in [0.1, 0.15) is 18.4 Å². The number of carbonyl (C=O) groups is 2.